The Kier molecular flexibility index (Phi) is 12.2. The van der Waals surface area contributed by atoms with Crippen LogP contribution in [0.4, 0.5) is 0 Å². The van der Waals surface area contributed by atoms with Crippen LogP contribution in [-0.4, -0.2) is 0 Å². The molecular weight excluding hydrogens is 269 g/mol. The van der Waals surface area contributed by atoms with Gasteiger partial charge in [-0.2, -0.15) is 0 Å². The maximum atomic E-state index is 4.89. The molecule has 0 unspecified atom stereocenters. The Balaban J connectivity index is 0. The van der Waals surface area contributed by atoms with Crippen molar-refractivity contribution in [1.29, 1.82) is 0 Å². The van der Waals surface area contributed by atoms with Gasteiger partial charge >= 0.3 is 41.5 Å². The molecule has 0 aromatic carbocycles. The molecule has 0 N–H and O–H groups in total. The first kappa shape index (κ1) is 10.1. The van der Waals surface area contributed by atoms with Crippen LogP contribution in [-0.2, 0) is 31.6 Å². The summed E-state index contributed by atoms with van der Waals surface area (Å²) in [4.78, 5) is 0. The fourth-order valence-electron chi connectivity index (χ4n) is 0. The van der Waals surface area contributed by atoms with Crippen LogP contribution in [0.1, 0.15) is 0 Å². The zero-order valence-corrected chi connectivity index (χ0v) is 6.73. The predicted molar refractivity (Wildman–Crippen MR) is 17.6 cm³/mol. The monoisotopic (exact) mass is 267 g/mol. The second-order valence-electron chi connectivity index (χ2n) is 0.152. The number of rotatable bonds is 0. The zero-order chi connectivity index (χ0) is 3.58. The van der Waals surface area contributed by atoms with Crippen molar-refractivity contribution < 1.29 is 31.6 Å². The summed E-state index contributed by atoms with van der Waals surface area (Å²) in [6, 6.07) is 0. The molecule has 0 radical (unpaired) electrons. The summed E-state index contributed by atoms with van der Waals surface area (Å²) >= 11 is -1.33. The van der Waals surface area contributed by atoms with Crippen molar-refractivity contribution in [3.8, 4) is 0 Å². The Morgan fingerprint density at radius 3 is 1.00 bits per heavy atom. The van der Waals surface area contributed by atoms with Gasteiger partial charge in [-0.3, -0.25) is 0 Å². The van der Waals surface area contributed by atoms with E-state index in [2.05, 4.69) is 0 Å². The standard InChI is InChI=1S/3ClH.Fe.Pd/h3*1H;;/q;;;+3;/p-3. The van der Waals surface area contributed by atoms with Crippen molar-refractivity contribution >= 4 is 30.3 Å². The van der Waals surface area contributed by atoms with Crippen molar-refractivity contribution in [1.82, 2.24) is 0 Å². The normalized spacial score (nSPS) is 9.00. The molecule has 0 spiro atoms. The summed E-state index contributed by atoms with van der Waals surface area (Å²) in [5.74, 6) is 0. The minimum absolute atomic E-state index is 0. The van der Waals surface area contributed by atoms with E-state index in [1.54, 1.807) is 0 Å². The second-order valence-corrected chi connectivity index (χ2v) is 5.62. The summed E-state index contributed by atoms with van der Waals surface area (Å²) in [5, 5.41) is 0. The molecule has 0 heterocycles. The van der Waals surface area contributed by atoms with Gasteiger partial charge < -0.3 is 0 Å². The third-order valence-corrected chi connectivity index (χ3v) is 0. The molecule has 0 amide bonds. The molecule has 0 aliphatic rings. The molecule has 0 saturated heterocycles. The fraction of sp³-hybridized carbons (Fsp3) is 0. The van der Waals surface area contributed by atoms with Gasteiger partial charge in [0, 0.05) is 20.4 Å². The zero-order valence-electron chi connectivity index (χ0n) is 1.80. The molecule has 0 saturated carbocycles. The molecule has 0 fully saturated rings. The SMILES string of the molecule is [Cl][Fe]([Cl])[Cl].[Pd]. The summed E-state index contributed by atoms with van der Waals surface area (Å²) in [6.45, 7) is 0. The Morgan fingerprint density at radius 2 is 1.00 bits per heavy atom. The molecule has 0 aromatic heterocycles. The van der Waals surface area contributed by atoms with Gasteiger partial charge in [0.05, 0.1) is 0 Å². The largest absolute Gasteiger partial charge is 0 e. The third kappa shape index (κ3) is 23.6. The second kappa shape index (κ2) is 6.05. The van der Waals surface area contributed by atoms with Crippen molar-refractivity contribution in [3.05, 3.63) is 0 Å². The van der Waals surface area contributed by atoms with Crippen LogP contribution >= 0.6 is 30.3 Å². The van der Waals surface area contributed by atoms with E-state index in [1.807, 2.05) is 0 Å². The van der Waals surface area contributed by atoms with Gasteiger partial charge in [0.1, 0.15) is 0 Å². The summed E-state index contributed by atoms with van der Waals surface area (Å²) in [5.41, 5.74) is 0. The smallest absolute Gasteiger partial charge is 0 e. The van der Waals surface area contributed by atoms with Crippen LogP contribution in [0.5, 0.6) is 0 Å². The molecule has 0 aliphatic carbocycles. The van der Waals surface area contributed by atoms with Gasteiger partial charge in [0.2, 0.25) is 0 Å². The Hall–Kier alpha value is 2.05. The molecule has 5 heavy (non-hydrogen) atoms. The molecule has 39 valence electrons. The predicted octanol–water partition coefficient (Wildman–Crippen LogP) is 2.06. The number of halogens is 3. The number of hydrogen-bond donors (Lipinski definition) is 0. The van der Waals surface area contributed by atoms with E-state index in [0.29, 0.717) is 0 Å². The van der Waals surface area contributed by atoms with E-state index in [4.69, 9.17) is 30.3 Å². The molecule has 0 aromatic rings. The van der Waals surface area contributed by atoms with Crippen molar-refractivity contribution in [2.24, 2.45) is 0 Å². The molecule has 0 atom stereocenters. The van der Waals surface area contributed by atoms with Crippen LogP contribution in [0.25, 0.3) is 0 Å². The van der Waals surface area contributed by atoms with E-state index in [9.17, 15) is 0 Å². The average Bonchev–Trinajstić information content (AvgIpc) is 0.811. The Bertz CT molecular complexity index is 11.6. The van der Waals surface area contributed by atoms with Crippen LogP contribution in [0, 0.1) is 0 Å². The van der Waals surface area contributed by atoms with Gasteiger partial charge in [0.25, 0.3) is 0 Å². The van der Waals surface area contributed by atoms with Crippen molar-refractivity contribution in [3.63, 3.8) is 0 Å². The van der Waals surface area contributed by atoms with Gasteiger partial charge in [-0.05, 0) is 0 Å². The van der Waals surface area contributed by atoms with Crippen LogP contribution < -0.4 is 0 Å². The minimum Gasteiger partial charge on any atom is 0 e. The van der Waals surface area contributed by atoms with Gasteiger partial charge in [0.15, 0.2) is 0 Å². The van der Waals surface area contributed by atoms with Crippen LogP contribution in [0.2, 0.25) is 0 Å². The number of hydrogen-bond acceptors (Lipinski definition) is 0. The van der Waals surface area contributed by atoms with Gasteiger partial charge in [-0.25, -0.2) is 0 Å². The fourth-order valence-corrected chi connectivity index (χ4v) is 0. The van der Waals surface area contributed by atoms with Crippen LogP contribution in [0.15, 0.2) is 0 Å². The van der Waals surface area contributed by atoms with Gasteiger partial charge in [-0.1, -0.05) is 0 Å². The topological polar surface area (TPSA) is 0 Å². The third-order valence-electron chi connectivity index (χ3n) is 0. The summed E-state index contributed by atoms with van der Waals surface area (Å²) < 4.78 is 0. The maximum absolute atomic E-state index is 4.89. The van der Waals surface area contributed by atoms with E-state index in [-0.39, 0.29) is 20.4 Å². The van der Waals surface area contributed by atoms with E-state index in [0.717, 1.165) is 0 Å². The first-order valence-electron chi connectivity index (χ1n) is 0.401. The van der Waals surface area contributed by atoms with Crippen molar-refractivity contribution in [2.75, 3.05) is 0 Å². The minimum atomic E-state index is -1.33. The first-order chi connectivity index (χ1) is 1.73. The van der Waals surface area contributed by atoms with Crippen molar-refractivity contribution in [2.45, 2.75) is 0 Å². The molecule has 0 rings (SSSR count). The average molecular weight is 269 g/mol. The molecule has 0 bridgehead atoms. The Morgan fingerprint density at radius 1 is 1.00 bits per heavy atom. The Labute approximate surface area is 61.4 Å². The quantitative estimate of drug-likeness (QED) is 0.590. The molecule has 5 heteroatoms. The summed E-state index contributed by atoms with van der Waals surface area (Å²) in [6.07, 6.45) is 0. The van der Waals surface area contributed by atoms with Gasteiger partial charge in [-0.15, -0.1) is 0 Å². The van der Waals surface area contributed by atoms with E-state index < -0.39 is 11.2 Å². The molecular formula is Cl3FePd. The maximum Gasteiger partial charge on any atom is 0 e. The van der Waals surface area contributed by atoms with Crippen LogP contribution in [0.3, 0.4) is 0 Å². The van der Waals surface area contributed by atoms with E-state index in [1.165, 1.54) is 0 Å². The molecule has 0 nitrogen and oxygen atoms in total. The van der Waals surface area contributed by atoms with E-state index >= 15 is 0 Å². The first-order valence-corrected chi connectivity index (χ1v) is 4.96. The molecule has 0 aliphatic heterocycles. The summed E-state index contributed by atoms with van der Waals surface area (Å²) in [7, 11) is 14.7.